The number of rotatable bonds is 0. The molecular weight excluding hydrogens is 195 g/mol. The predicted molar refractivity (Wildman–Crippen MR) is 51.5 cm³/mol. The molecule has 1 heterocycles. The van der Waals surface area contributed by atoms with Crippen molar-refractivity contribution in [2.45, 2.75) is 6.92 Å². The zero-order valence-corrected chi connectivity index (χ0v) is 7.97. The van der Waals surface area contributed by atoms with Gasteiger partial charge in [0, 0.05) is 15.0 Å². The van der Waals surface area contributed by atoms with Crippen LogP contribution in [-0.4, -0.2) is 0 Å². The molecule has 2 aromatic rings. The third-order valence-corrected chi connectivity index (χ3v) is 2.99. The maximum atomic E-state index is 12.8. The van der Waals surface area contributed by atoms with Gasteiger partial charge >= 0.3 is 0 Å². The fourth-order valence-corrected chi connectivity index (χ4v) is 2.48. The van der Waals surface area contributed by atoms with Gasteiger partial charge in [-0.1, -0.05) is 11.6 Å². The minimum absolute atomic E-state index is 0.269. The molecule has 0 saturated heterocycles. The van der Waals surface area contributed by atoms with E-state index in [2.05, 4.69) is 0 Å². The van der Waals surface area contributed by atoms with Crippen LogP contribution in [0.25, 0.3) is 10.1 Å². The first-order chi connectivity index (χ1) is 5.66. The lowest BCUT2D eigenvalue weighted by molar-refractivity contribution is 0.630. The molecule has 0 aliphatic carbocycles. The van der Waals surface area contributed by atoms with E-state index in [0.717, 1.165) is 15.0 Å². The minimum Gasteiger partial charge on any atom is -0.207 e. The monoisotopic (exact) mass is 200 g/mol. The first kappa shape index (κ1) is 8.02. The highest BCUT2D eigenvalue weighted by atomic mass is 35.5. The summed E-state index contributed by atoms with van der Waals surface area (Å²) in [5, 5.41) is 1.44. The van der Waals surface area contributed by atoms with Crippen LogP contribution < -0.4 is 0 Å². The minimum atomic E-state index is -0.269. The fourth-order valence-electron chi connectivity index (χ4n) is 1.19. The van der Waals surface area contributed by atoms with Crippen LogP contribution in [0.1, 0.15) is 4.88 Å². The van der Waals surface area contributed by atoms with Crippen molar-refractivity contribution in [3.05, 3.63) is 33.9 Å². The summed E-state index contributed by atoms with van der Waals surface area (Å²) in [4.78, 5) is 1.15. The lowest BCUT2D eigenvalue weighted by Gasteiger charge is -1.92. The molecule has 0 bridgehead atoms. The maximum absolute atomic E-state index is 12.8. The number of halogens is 2. The second-order valence-electron chi connectivity index (χ2n) is 2.66. The quantitative estimate of drug-likeness (QED) is 0.603. The second kappa shape index (κ2) is 2.71. The van der Waals surface area contributed by atoms with Crippen LogP contribution >= 0.6 is 22.9 Å². The summed E-state index contributed by atoms with van der Waals surface area (Å²) in [6.45, 7) is 1.99. The average molecular weight is 201 g/mol. The molecule has 0 nitrogen and oxygen atoms in total. The number of fused-ring (bicyclic) bond motifs is 1. The van der Waals surface area contributed by atoms with E-state index in [1.807, 2.05) is 13.0 Å². The summed E-state index contributed by atoms with van der Waals surface area (Å²) < 4.78 is 13.7. The van der Waals surface area contributed by atoms with Crippen LogP contribution in [-0.2, 0) is 0 Å². The van der Waals surface area contributed by atoms with Crippen LogP contribution in [0.15, 0.2) is 18.2 Å². The van der Waals surface area contributed by atoms with Crippen molar-refractivity contribution in [3.8, 4) is 0 Å². The Hall–Kier alpha value is -0.600. The lowest BCUT2D eigenvalue weighted by Crippen LogP contribution is -1.72. The van der Waals surface area contributed by atoms with Crippen molar-refractivity contribution >= 4 is 33.0 Å². The molecule has 0 atom stereocenters. The molecule has 62 valence electrons. The highest BCUT2D eigenvalue weighted by molar-refractivity contribution is 7.19. The summed E-state index contributed by atoms with van der Waals surface area (Å²) in [6.07, 6.45) is 0. The molecular formula is C9H6ClFS. The molecule has 2 rings (SSSR count). The van der Waals surface area contributed by atoms with Gasteiger partial charge in [-0.05, 0) is 25.1 Å². The summed E-state index contributed by atoms with van der Waals surface area (Å²) >= 11 is 7.40. The van der Waals surface area contributed by atoms with Crippen LogP contribution in [0, 0.1) is 12.7 Å². The first-order valence-corrected chi connectivity index (χ1v) is 4.71. The number of hydrogen-bond donors (Lipinski definition) is 0. The molecule has 3 heteroatoms. The average Bonchev–Trinajstić information content (AvgIpc) is 2.29. The van der Waals surface area contributed by atoms with Gasteiger partial charge in [0.25, 0.3) is 0 Å². The number of benzene rings is 1. The summed E-state index contributed by atoms with van der Waals surface area (Å²) in [5.41, 5.74) is 0. The molecule has 1 aromatic heterocycles. The highest BCUT2D eigenvalue weighted by Crippen LogP contribution is 2.31. The van der Waals surface area contributed by atoms with E-state index >= 15 is 0 Å². The maximum Gasteiger partial charge on any atom is 0.126 e. The van der Waals surface area contributed by atoms with Gasteiger partial charge < -0.3 is 0 Å². The van der Waals surface area contributed by atoms with Gasteiger partial charge in [0.15, 0.2) is 0 Å². The second-order valence-corrected chi connectivity index (χ2v) is 4.35. The summed E-state index contributed by atoms with van der Waals surface area (Å²) in [6, 6.07) is 4.83. The predicted octanol–water partition coefficient (Wildman–Crippen LogP) is 4.00. The zero-order valence-electron chi connectivity index (χ0n) is 6.40. The van der Waals surface area contributed by atoms with E-state index in [9.17, 15) is 4.39 Å². The van der Waals surface area contributed by atoms with Gasteiger partial charge in [0.05, 0.1) is 5.02 Å². The topological polar surface area (TPSA) is 0 Å². The van der Waals surface area contributed by atoms with Gasteiger partial charge in [-0.15, -0.1) is 11.3 Å². The third kappa shape index (κ3) is 1.21. The fraction of sp³-hybridized carbons (Fsp3) is 0.111. The van der Waals surface area contributed by atoms with Crippen molar-refractivity contribution in [2.24, 2.45) is 0 Å². The van der Waals surface area contributed by atoms with Crippen LogP contribution in [0.4, 0.5) is 4.39 Å². The van der Waals surface area contributed by atoms with E-state index < -0.39 is 0 Å². The molecule has 1 aromatic carbocycles. The molecule has 0 amide bonds. The van der Waals surface area contributed by atoms with Gasteiger partial charge in [-0.3, -0.25) is 0 Å². The SMILES string of the molecule is Cc1cc2c(Cl)cc(F)cc2s1. The molecule has 12 heavy (non-hydrogen) atoms. The van der Waals surface area contributed by atoms with Gasteiger partial charge in [-0.2, -0.15) is 0 Å². The number of thiophene rings is 1. The number of aryl methyl sites for hydroxylation is 1. The smallest absolute Gasteiger partial charge is 0.126 e. The molecule has 0 spiro atoms. The molecule has 0 radical (unpaired) electrons. The Balaban J connectivity index is 2.88. The Kier molecular flexibility index (Phi) is 1.81. The van der Waals surface area contributed by atoms with Crippen molar-refractivity contribution in [1.82, 2.24) is 0 Å². The molecule has 0 aliphatic rings. The lowest BCUT2D eigenvalue weighted by atomic mass is 10.2. The first-order valence-electron chi connectivity index (χ1n) is 3.52. The van der Waals surface area contributed by atoms with E-state index in [-0.39, 0.29) is 5.82 Å². The van der Waals surface area contributed by atoms with Crippen LogP contribution in [0.3, 0.4) is 0 Å². The Morgan fingerprint density at radius 1 is 1.33 bits per heavy atom. The van der Waals surface area contributed by atoms with Crippen LogP contribution in [0.2, 0.25) is 5.02 Å². The van der Waals surface area contributed by atoms with Crippen molar-refractivity contribution in [3.63, 3.8) is 0 Å². The Bertz CT molecular complexity index is 433. The van der Waals surface area contributed by atoms with Crippen LogP contribution in [0.5, 0.6) is 0 Å². The Morgan fingerprint density at radius 2 is 2.08 bits per heavy atom. The summed E-state index contributed by atoms with van der Waals surface area (Å²) in [5.74, 6) is -0.269. The van der Waals surface area contributed by atoms with Gasteiger partial charge in [0.2, 0.25) is 0 Å². The van der Waals surface area contributed by atoms with Gasteiger partial charge in [0.1, 0.15) is 5.82 Å². The van der Waals surface area contributed by atoms with Crippen molar-refractivity contribution in [1.29, 1.82) is 0 Å². The number of hydrogen-bond acceptors (Lipinski definition) is 1. The molecule has 0 N–H and O–H groups in total. The van der Waals surface area contributed by atoms with E-state index in [4.69, 9.17) is 11.6 Å². The van der Waals surface area contributed by atoms with E-state index in [1.54, 1.807) is 11.3 Å². The van der Waals surface area contributed by atoms with E-state index in [1.165, 1.54) is 12.1 Å². The van der Waals surface area contributed by atoms with E-state index in [0.29, 0.717) is 5.02 Å². The third-order valence-electron chi connectivity index (χ3n) is 1.67. The molecule has 0 saturated carbocycles. The molecule has 0 unspecified atom stereocenters. The van der Waals surface area contributed by atoms with Crippen molar-refractivity contribution in [2.75, 3.05) is 0 Å². The largest absolute Gasteiger partial charge is 0.207 e. The van der Waals surface area contributed by atoms with Gasteiger partial charge in [-0.25, -0.2) is 4.39 Å². The standard InChI is InChI=1S/C9H6ClFS/c1-5-2-7-8(10)3-6(11)4-9(7)12-5/h2-4H,1H3. The Labute approximate surface area is 78.6 Å². The zero-order chi connectivity index (χ0) is 8.72. The molecule has 0 aliphatic heterocycles. The summed E-state index contributed by atoms with van der Waals surface area (Å²) in [7, 11) is 0. The Morgan fingerprint density at radius 3 is 2.83 bits per heavy atom. The molecule has 0 fully saturated rings. The normalized spacial score (nSPS) is 10.9. The van der Waals surface area contributed by atoms with Crippen molar-refractivity contribution < 1.29 is 4.39 Å². The highest BCUT2D eigenvalue weighted by Gasteiger charge is 2.04.